The summed E-state index contributed by atoms with van der Waals surface area (Å²) in [6, 6.07) is 3.52. The maximum atomic E-state index is 12.5. The molecule has 2 aromatic heterocycles. The summed E-state index contributed by atoms with van der Waals surface area (Å²) in [7, 11) is 0. The number of aromatic amines is 1. The van der Waals surface area contributed by atoms with Crippen LogP contribution in [0.1, 0.15) is 37.4 Å². The molecule has 0 saturated carbocycles. The van der Waals surface area contributed by atoms with Gasteiger partial charge in [0.25, 0.3) is 0 Å². The molecule has 0 aromatic carbocycles. The predicted molar refractivity (Wildman–Crippen MR) is 89.5 cm³/mol. The molecule has 3 rings (SSSR count). The van der Waals surface area contributed by atoms with Gasteiger partial charge in [0.1, 0.15) is 12.2 Å². The predicted octanol–water partition coefficient (Wildman–Crippen LogP) is 1.10. The van der Waals surface area contributed by atoms with Crippen LogP contribution in [0.4, 0.5) is 0 Å². The van der Waals surface area contributed by atoms with Gasteiger partial charge >= 0.3 is 0 Å². The second-order valence-corrected chi connectivity index (χ2v) is 5.80. The summed E-state index contributed by atoms with van der Waals surface area (Å²) < 4.78 is 12.1. The first-order valence-electron chi connectivity index (χ1n) is 8.55. The number of rotatable bonds is 7. The van der Waals surface area contributed by atoms with Gasteiger partial charge in [-0.25, -0.2) is 4.98 Å². The third-order valence-corrected chi connectivity index (χ3v) is 4.24. The van der Waals surface area contributed by atoms with E-state index in [2.05, 4.69) is 25.5 Å². The molecule has 1 atom stereocenters. The van der Waals surface area contributed by atoms with Gasteiger partial charge in [-0.1, -0.05) is 6.07 Å². The van der Waals surface area contributed by atoms with Crippen molar-refractivity contribution in [1.29, 1.82) is 0 Å². The fourth-order valence-electron chi connectivity index (χ4n) is 3.32. The minimum Gasteiger partial charge on any atom is -0.347 e. The summed E-state index contributed by atoms with van der Waals surface area (Å²) >= 11 is 0. The van der Waals surface area contributed by atoms with Gasteiger partial charge in [0.05, 0.1) is 12.5 Å². The number of ether oxygens (including phenoxy) is 2. The molecule has 1 unspecified atom stereocenters. The first-order valence-corrected chi connectivity index (χ1v) is 8.55. The number of fused-ring (bicyclic) bond motifs is 1. The van der Waals surface area contributed by atoms with Crippen molar-refractivity contribution in [3.8, 4) is 0 Å². The van der Waals surface area contributed by atoms with Crippen LogP contribution in [-0.4, -0.2) is 45.3 Å². The van der Waals surface area contributed by atoms with E-state index in [0.717, 1.165) is 17.7 Å². The van der Waals surface area contributed by atoms with Crippen LogP contribution in [-0.2, 0) is 32.9 Å². The summed E-state index contributed by atoms with van der Waals surface area (Å²) in [5.74, 6) is -0.658. The number of amides is 1. The number of pyridine rings is 1. The average Bonchev–Trinajstić information content (AvgIpc) is 3.11. The summed E-state index contributed by atoms with van der Waals surface area (Å²) in [6.07, 6.45) is 4.72. The molecule has 1 aliphatic carbocycles. The monoisotopic (exact) mass is 345 g/mol. The number of carbonyl (C=O) groups is 1. The molecule has 2 aromatic rings. The highest BCUT2D eigenvalue weighted by molar-refractivity contribution is 5.78. The Hall–Kier alpha value is -2.32. The van der Waals surface area contributed by atoms with E-state index in [9.17, 15) is 4.79 Å². The number of carbonyl (C=O) groups excluding carboxylic acids is 1. The molecule has 2 N–H and O–H groups in total. The lowest BCUT2D eigenvalue weighted by atomic mass is 9.85. The van der Waals surface area contributed by atoms with Crippen LogP contribution in [0.2, 0.25) is 0 Å². The molecule has 0 saturated heterocycles. The number of hydrogen-bond acceptors (Lipinski definition) is 6. The lowest BCUT2D eigenvalue weighted by Crippen LogP contribution is -2.56. The second kappa shape index (κ2) is 7.71. The lowest BCUT2D eigenvalue weighted by molar-refractivity contribution is -0.264. The van der Waals surface area contributed by atoms with Gasteiger partial charge in [0.15, 0.2) is 0 Å². The molecule has 0 bridgehead atoms. The third kappa shape index (κ3) is 3.54. The molecule has 25 heavy (non-hydrogen) atoms. The summed E-state index contributed by atoms with van der Waals surface area (Å²) in [5, 5.41) is 9.52. The maximum Gasteiger partial charge on any atom is 0.228 e. The van der Waals surface area contributed by atoms with E-state index in [-0.39, 0.29) is 18.4 Å². The molecule has 0 spiro atoms. The first kappa shape index (κ1) is 17.5. The number of H-pyrrole nitrogens is 1. The highest BCUT2D eigenvalue weighted by atomic mass is 16.7. The van der Waals surface area contributed by atoms with Crippen molar-refractivity contribution in [3.05, 3.63) is 41.7 Å². The van der Waals surface area contributed by atoms with Crippen molar-refractivity contribution in [2.45, 2.75) is 44.9 Å². The topological polar surface area (TPSA) is 102 Å². The van der Waals surface area contributed by atoms with E-state index < -0.39 is 5.79 Å². The SMILES string of the molecule is CCOC1(OCC)c2cccnc2CCC1NC(=O)Cc1ncn[nH]1. The molecule has 1 aliphatic rings. The maximum absolute atomic E-state index is 12.5. The molecule has 0 aliphatic heterocycles. The summed E-state index contributed by atoms with van der Waals surface area (Å²) in [4.78, 5) is 20.9. The van der Waals surface area contributed by atoms with E-state index in [0.29, 0.717) is 25.5 Å². The Kier molecular flexibility index (Phi) is 5.40. The molecule has 1 amide bonds. The van der Waals surface area contributed by atoms with Crippen molar-refractivity contribution in [2.75, 3.05) is 13.2 Å². The number of aryl methyl sites for hydroxylation is 1. The molecule has 0 radical (unpaired) electrons. The Morgan fingerprint density at radius 1 is 1.36 bits per heavy atom. The third-order valence-electron chi connectivity index (χ3n) is 4.24. The van der Waals surface area contributed by atoms with Crippen molar-refractivity contribution >= 4 is 5.91 Å². The van der Waals surface area contributed by atoms with Gasteiger partial charge in [-0.3, -0.25) is 14.9 Å². The van der Waals surface area contributed by atoms with Crippen LogP contribution < -0.4 is 5.32 Å². The molecule has 134 valence electrons. The normalized spacial score (nSPS) is 18.6. The van der Waals surface area contributed by atoms with Gasteiger partial charge in [0, 0.05) is 30.7 Å². The molecule has 8 heteroatoms. The standard InChI is InChI=1S/C17H23N5O3/c1-3-24-17(25-4-2)12-6-5-9-18-13(12)7-8-14(17)21-16(23)10-15-19-11-20-22-15/h5-6,9,11,14H,3-4,7-8,10H2,1-2H3,(H,21,23)(H,19,20,22). The molecular weight excluding hydrogens is 322 g/mol. The first-order chi connectivity index (χ1) is 12.2. The number of hydrogen-bond donors (Lipinski definition) is 2. The number of nitrogens with one attached hydrogen (secondary N) is 2. The minimum absolute atomic E-state index is 0.130. The lowest BCUT2D eigenvalue weighted by Gasteiger charge is -2.44. The van der Waals surface area contributed by atoms with E-state index in [4.69, 9.17) is 9.47 Å². The van der Waals surface area contributed by atoms with Crippen molar-refractivity contribution in [1.82, 2.24) is 25.5 Å². The van der Waals surface area contributed by atoms with Crippen molar-refractivity contribution in [3.63, 3.8) is 0 Å². The molecule has 8 nitrogen and oxygen atoms in total. The average molecular weight is 345 g/mol. The van der Waals surface area contributed by atoms with Crippen LogP contribution >= 0.6 is 0 Å². The summed E-state index contributed by atoms with van der Waals surface area (Å²) in [6.45, 7) is 4.75. The fourth-order valence-corrected chi connectivity index (χ4v) is 3.32. The van der Waals surface area contributed by atoms with Crippen LogP contribution in [0.5, 0.6) is 0 Å². The zero-order chi connectivity index (χ0) is 17.7. The van der Waals surface area contributed by atoms with Crippen molar-refractivity contribution in [2.24, 2.45) is 0 Å². The Bertz CT molecular complexity index is 698. The zero-order valence-electron chi connectivity index (χ0n) is 14.5. The molecule has 0 fully saturated rings. The Balaban J connectivity index is 1.87. The fraction of sp³-hybridized carbons (Fsp3) is 0.529. The van der Waals surface area contributed by atoms with Gasteiger partial charge in [0.2, 0.25) is 11.7 Å². The van der Waals surface area contributed by atoms with E-state index in [1.807, 2.05) is 26.0 Å². The van der Waals surface area contributed by atoms with Gasteiger partial charge < -0.3 is 14.8 Å². The quantitative estimate of drug-likeness (QED) is 0.729. The van der Waals surface area contributed by atoms with Crippen LogP contribution in [0, 0.1) is 0 Å². The smallest absolute Gasteiger partial charge is 0.228 e. The largest absolute Gasteiger partial charge is 0.347 e. The molecule has 2 heterocycles. The van der Waals surface area contributed by atoms with Crippen LogP contribution in [0.25, 0.3) is 0 Å². The second-order valence-electron chi connectivity index (χ2n) is 5.80. The Morgan fingerprint density at radius 2 is 2.16 bits per heavy atom. The van der Waals surface area contributed by atoms with E-state index >= 15 is 0 Å². The van der Waals surface area contributed by atoms with E-state index in [1.54, 1.807) is 6.20 Å². The number of aromatic nitrogens is 4. The van der Waals surface area contributed by atoms with E-state index in [1.165, 1.54) is 6.33 Å². The minimum atomic E-state index is -1.03. The Labute approximate surface area is 146 Å². The summed E-state index contributed by atoms with van der Waals surface area (Å²) in [5.41, 5.74) is 1.83. The highest BCUT2D eigenvalue weighted by Crippen LogP contribution is 2.39. The zero-order valence-corrected chi connectivity index (χ0v) is 14.5. The van der Waals surface area contributed by atoms with Crippen LogP contribution in [0.15, 0.2) is 24.7 Å². The number of nitrogens with zero attached hydrogens (tertiary/aromatic N) is 3. The highest BCUT2D eigenvalue weighted by Gasteiger charge is 2.47. The Morgan fingerprint density at radius 3 is 2.84 bits per heavy atom. The van der Waals surface area contributed by atoms with Crippen molar-refractivity contribution < 1.29 is 14.3 Å². The van der Waals surface area contributed by atoms with Gasteiger partial charge in [-0.15, -0.1) is 0 Å². The van der Waals surface area contributed by atoms with Crippen LogP contribution in [0.3, 0.4) is 0 Å². The van der Waals surface area contributed by atoms with Gasteiger partial charge in [-0.2, -0.15) is 5.10 Å². The molecular formula is C17H23N5O3. The van der Waals surface area contributed by atoms with Gasteiger partial charge in [-0.05, 0) is 32.8 Å².